The quantitative estimate of drug-likeness (QED) is 0.862. The summed E-state index contributed by atoms with van der Waals surface area (Å²) in [7, 11) is 0. The Bertz CT molecular complexity index is 583. The van der Waals surface area contributed by atoms with Gasteiger partial charge in [-0.15, -0.1) is 0 Å². The number of nitrogens with one attached hydrogen (secondary N) is 1. The van der Waals surface area contributed by atoms with Crippen LogP contribution in [-0.4, -0.2) is 17.1 Å². The van der Waals surface area contributed by atoms with Crippen molar-refractivity contribution in [3.05, 3.63) is 59.0 Å². The molecule has 0 aliphatic heterocycles. The number of hydrogen-bond acceptors (Lipinski definition) is 3. The first-order chi connectivity index (χ1) is 10.1. The molecule has 2 unspecified atom stereocenters. The first-order valence-electron chi connectivity index (χ1n) is 6.80. The van der Waals surface area contributed by atoms with Gasteiger partial charge in [0.15, 0.2) is 0 Å². The highest BCUT2D eigenvalue weighted by Crippen LogP contribution is 2.19. The summed E-state index contributed by atoms with van der Waals surface area (Å²) in [5.74, 6) is 0.379. The van der Waals surface area contributed by atoms with Crippen LogP contribution in [0.2, 0.25) is 5.02 Å². The maximum Gasteiger partial charge on any atom is 0.224 e. The molecular formula is C16H18ClNO3. The highest BCUT2D eigenvalue weighted by Gasteiger charge is 2.16. The van der Waals surface area contributed by atoms with Gasteiger partial charge in [-0.2, -0.15) is 0 Å². The fourth-order valence-corrected chi connectivity index (χ4v) is 2.33. The number of benzene rings is 1. The van der Waals surface area contributed by atoms with Crippen LogP contribution >= 0.6 is 11.6 Å². The Morgan fingerprint density at radius 1 is 1.33 bits per heavy atom. The second-order valence-corrected chi connectivity index (χ2v) is 5.41. The van der Waals surface area contributed by atoms with Crippen LogP contribution in [-0.2, 0) is 11.2 Å². The van der Waals surface area contributed by atoms with Crippen LogP contribution in [0.15, 0.2) is 47.1 Å². The Hall–Kier alpha value is -1.78. The number of halogens is 1. The first-order valence-corrected chi connectivity index (χ1v) is 7.18. The molecule has 2 N–H and O–H groups in total. The normalized spacial score (nSPS) is 13.7. The fourth-order valence-electron chi connectivity index (χ4n) is 2.13. The zero-order valence-corrected chi connectivity index (χ0v) is 12.5. The van der Waals surface area contributed by atoms with Gasteiger partial charge in [0.1, 0.15) is 11.9 Å². The molecule has 0 aliphatic rings. The molecule has 0 aliphatic carbocycles. The molecule has 0 fully saturated rings. The first kappa shape index (κ1) is 15.6. The van der Waals surface area contributed by atoms with Crippen molar-refractivity contribution < 1.29 is 14.3 Å². The average molecular weight is 308 g/mol. The summed E-state index contributed by atoms with van der Waals surface area (Å²) in [6.45, 7) is 1.84. The highest BCUT2D eigenvalue weighted by molar-refractivity contribution is 6.31. The van der Waals surface area contributed by atoms with Crippen LogP contribution in [0.1, 0.15) is 30.8 Å². The van der Waals surface area contributed by atoms with Crippen LogP contribution in [0.4, 0.5) is 0 Å². The van der Waals surface area contributed by atoms with E-state index >= 15 is 0 Å². The second-order valence-electron chi connectivity index (χ2n) is 5.00. The lowest BCUT2D eigenvalue weighted by molar-refractivity contribution is -0.121. The van der Waals surface area contributed by atoms with E-state index in [0.29, 0.717) is 17.2 Å². The predicted molar refractivity (Wildman–Crippen MR) is 81.0 cm³/mol. The van der Waals surface area contributed by atoms with E-state index < -0.39 is 6.10 Å². The summed E-state index contributed by atoms with van der Waals surface area (Å²) in [5, 5.41) is 13.4. The minimum absolute atomic E-state index is 0.123. The molecule has 21 heavy (non-hydrogen) atoms. The molecule has 0 saturated heterocycles. The van der Waals surface area contributed by atoms with Gasteiger partial charge in [-0.1, -0.05) is 29.8 Å². The lowest BCUT2D eigenvalue weighted by atomic mass is 10.1. The van der Waals surface area contributed by atoms with Crippen molar-refractivity contribution in [3.8, 4) is 0 Å². The van der Waals surface area contributed by atoms with E-state index in [0.717, 1.165) is 5.56 Å². The van der Waals surface area contributed by atoms with Gasteiger partial charge in [0.25, 0.3) is 0 Å². The zero-order valence-electron chi connectivity index (χ0n) is 11.8. The number of rotatable bonds is 6. The van der Waals surface area contributed by atoms with E-state index in [2.05, 4.69) is 5.32 Å². The number of carbonyl (C=O) groups is 1. The minimum Gasteiger partial charge on any atom is -0.467 e. The second kappa shape index (κ2) is 7.29. The Morgan fingerprint density at radius 2 is 2.10 bits per heavy atom. The van der Waals surface area contributed by atoms with E-state index in [1.54, 1.807) is 18.2 Å². The number of carbonyl (C=O) groups excluding carboxylic acids is 1. The molecule has 0 bridgehead atoms. The van der Waals surface area contributed by atoms with Gasteiger partial charge in [0, 0.05) is 17.5 Å². The van der Waals surface area contributed by atoms with Crippen LogP contribution in [0.5, 0.6) is 0 Å². The molecule has 4 nitrogen and oxygen atoms in total. The maximum absolute atomic E-state index is 12.0. The predicted octanol–water partition coefficient (Wildman–Crippen LogP) is 3.10. The number of furan rings is 1. The molecule has 0 spiro atoms. The number of aliphatic hydroxyl groups excluding tert-OH is 1. The Kier molecular flexibility index (Phi) is 5.42. The molecule has 1 heterocycles. The van der Waals surface area contributed by atoms with Crippen LogP contribution in [0.3, 0.4) is 0 Å². The molecular weight excluding hydrogens is 290 g/mol. The molecule has 0 radical (unpaired) electrons. The number of amides is 1. The highest BCUT2D eigenvalue weighted by atomic mass is 35.5. The molecule has 5 heteroatoms. The largest absolute Gasteiger partial charge is 0.467 e. The van der Waals surface area contributed by atoms with Crippen LogP contribution in [0.25, 0.3) is 0 Å². The smallest absolute Gasteiger partial charge is 0.224 e. The molecule has 2 rings (SSSR count). The molecule has 0 saturated carbocycles. The van der Waals surface area contributed by atoms with Gasteiger partial charge >= 0.3 is 0 Å². The summed E-state index contributed by atoms with van der Waals surface area (Å²) in [6.07, 6.45) is 1.40. The third-order valence-electron chi connectivity index (χ3n) is 3.16. The number of aliphatic hydroxyl groups is 1. The standard InChI is InChI=1S/C16H18ClNO3/c1-11(9-14(19)15-7-4-8-21-15)18-16(20)10-12-5-2-3-6-13(12)17/h2-8,11,14,19H,9-10H2,1H3,(H,18,20). The van der Waals surface area contributed by atoms with E-state index in [1.165, 1.54) is 6.26 Å². The van der Waals surface area contributed by atoms with Crippen molar-refractivity contribution in [3.63, 3.8) is 0 Å². The lowest BCUT2D eigenvalue weighted by Gasteiger charge is -2.17. The van der Waals surface area contributed by atoms with E-state index in [1.807, 2.05) is 25.1 Å². The fraction of sp³-hybridized carbons (Fsp3) is 0.312. The third-order valence-corrected chi connectivity index (χ3v) is 3.53. The van der Waals surface area contributed by atoms with Crippen molar-refractivity contribution in [1.82, 2.24) is 5.32 Å². The Labute approximate surface area is 128 Å². The topological polar surface area (TPSA) is 62.5 Å². The molecule has 1 aromatic carbocycles. The lowest BCUT2D eigenvalue weighted by Crippen LogP contribution is -2.34. The van der Waals surface area contributed by atoms with Crippen LogP contribution in [0, 0.1) is 0 Å². The maximum atomic E-state index is 12.0. The summed E-state index contributed by atoms with van der Waals surface area (Å²) >= 11 is 6.02. The van der Waals surface area contributed by atoms with Gasteiger partial charge in [0.2, 0.25) is 5.91 Å². The zero-order chi connectivity index (χ0) is 15.2. The van der Waals surface area contributed by atoms with Gasteiger partial charge in [-0.05, 0) is 30.7 Å². The number of hydrogen-bond donors (Lipinski definition) is 2. The monoisotopic (exact) mass is 307 g/mol. The third kappa shape index (κ3) is 4.62. The molecule has 2 aromatic rings. The minimum atomic E-state index is -0.726. The van der Waals surface area contributed by atoms with E-state index in [-0.39, 0.29) is 18.4 Å². The summed E-state index contributed by atoms with van der Waals surface area (Å²) in [5.41, 5.74) is 0.787. The van der Waals surface area contributed by atoms with Crippen molar-refractivity contribution in [2.24, 2.45) is 0 Å². The SMILES string of the molecule is CC(CC(O)c1ccco1)NC(=O)Cc1ccccc1Cl. The Balaban J connectivity index is 1.83. The van der Waals surface area contributed by atoms with Gasteiger partial charge in [-0.3, -0.25) is 4.79 Å². The van der Waals surface area contributed by atoms with E-state index in [9.17, 15) is 9.90 Å². The van der Waals surface area contributed by atoms with E-state index in [4.69, 9.17) is 16.0 Å². The van der Waals surface area contributed by atoms with Crippen molar-refractivity contribution in [1.29, 1.82) is 0 Å². The van der Waals surface area contributed by atoms with Gasteiger partial charge in [-0.25, -0.2) is 0 Å². The van der Waals surface area contributed by atoms with Crippen molar-refractivity contribution in [2.75, 3.05) is 0 Å². The van der Waals surface area contributed by atoms with Gasteiger partial charge < -0.3 is 14.8 Å². The summed E-state index contributed by atoms with van der Waals surface area (Å²) < 4.78 is 5.13. The summed E-state index contributed by atoms with van der Waals surface area (Å²) in [6, 6.07) is 10.5. The molecule has 2 atom stereocenters. The Morgan fingerprint density at radius 3 is 2.76 bits per heavy atom. The summed E-state index contributed by atoms with van der Waals surface area (Å²) in [4.78, 5) is 12.0. The van der Waals surface area contributed by atoms with Crippen molar-refractivity contribution >= 4 is 17.5 Å². The molecule has 1 aromatic heterocycles. The average Bonchev–Trinajstić information content (AvgIpc) is 2.95. The molecule has 112 valence electrons. The molecule has 1 amide bonds. The van der Waals surface area contributed by atoms with Gasteiger partial charge in [0.05, 0.1) is 12.7 Å². The van der Waals surface area contributed by atoms with Crippen molar-refractivity contribution in [2.45, 2.75) is 31.9 Å². The van der Waals surface area contributed by atoms with Crippen LogP contribution < -0.4 is 5.32 Å².